The fourth-order valence-corrected chi connectivity index (χ4v) is 9.12. The SMILES string of the molecule is CCCCC(=O)OCC(=O)[C@]1(OC(=O)CCCC)[C@H](C)C[C@H]2[C@@H]3CCC4=CC(=O)C=C[C@]4(C)[C@@]3(Cl)[C@@H](O)C[C@@]21C. The van der Waals surface area contributed by atoms with Crippen molar-refractivity contribution in [2.24, 2.45) is 28.6 Å². The van der Waals surface area contributed by atoms with Gasteiger partial charge in [0.2, 0.25) is 5.78 Å². The van der Waals surface area contributed by atoms with Crippen LogP contribution in [-0.4, -0.2) is 51.8 Å². The number of ether oxygens (including phenoxy) is 2. The van der Waals surface area contributed by atoms with Crippen molar-refractivity contribution in [1.82, 2.24) is 0 Å². The van der Waals surface area contributed by atoms with Crippen LogP contribution in [0.2, 0.25) is 0 Å². The highest BCUT2D eigenvalue weighted by Crippen LogP contribution is 2.72. The summed E-state index contributed by atoms with van der Waals surface area (Å²) >= 11 is 7.55. The first-order valence-electron chi connectivity index (χ1n) is 15.0. The van der Waals surface area contributed by atoms with Gasteiger partial charge >= 0.3 is 11.9 Å². The Morgan fingerprint density at radius 2 is 1.73 bits per heavy atom. The Morgan fingerprint density at radius 3 is 2.38 bits per heavy atom. The average Bonchev–Trinajstić information content (AvgIpc) is 3.12. The first-order chi connectivity index (χ1) is 18.8. The monoisotopic (exact) mass is 576 g/mol. The number of hydrogen-bond donors (Lipinski definition) is 1. The lowest BCUT2D eigenvalue weighted by Crippen LogP contribution is -2.69. The van der Waals surface area contributed by atoms with Crippen molar-refractivity contribution >= 4 is 35.1 Å². The van der Waals surface area contributed by atoms with Crippen LogP contribution in [-0.2, 0) is 28.7 Å². The second-order valence-electron chi connectivity index (χ2n) is 12.9. The summed E-state index contributed by atoms with van der Waals surface area (Å²) in [4.78, 5) is 50.8. The van der Waals surface area contributed by atoms with Gasteiger partial charge in [-0.1, -0.05) is 59.1 Å². The van der Waals surface area contributed by atoms with Crippen molar-refractivity contribution in [3.63, 3.8) is 0 Å². The van der Waals surface area contributed by atoms with Gasteiger partial charge in [-0.05, 0) is 62.5 Å². The van der Waals surface area contributed by atoms with Gasteiger partial charge in [-0.2, -0.15) is 0 Å². The minimum absolute atomic E-state index is 0.0760. The number of carbonyl (C=O) groups excluding carboxylic acids is 4. The summed E-state index contributed by atoms with van der Waals surface area (Å²) in [6.07, 6.45) is 9.37. The van der Waals surface area contributed by atoms with E-state index in [0.29, 0.717) is 32.1 Å². The Hall–Kier alpha value is -1.99. The van der Waals surface area contributed by atoms with Gasteiger partial charge in [0.25, 0.3) is 0 Å². The Morgan fingerprint density at radius 1 is 1.07 bits per heavy atom. The highest BCUT2D eigenvalue weighted by atomic mass is 35.5. The normalized spacial score (nSPS) is 40.0. The molecule has 0 aromatic heterocycles. The number of aliphatic hydroxyl groups excluding tert-OH is 1. The van der Waals surface area contributed by atoms with Gasteiger partial charge in [0.15, 0.2) is 18.0 Å². The van der Waals surface area contributed by atoms with Crippen LogP contribution in [0.3, 0.4) is 0 Å². The lowest BCUT2D eigenvalue weighted by atomic mass is 9.45. The molecule has 3 saturated carbocycles. The number of aliphatic hydroxyl groups is 1. The maximum atomic E-state index is 14.2. The summed E-state index contributed by atoms with van der Waals surface area (Å²) in [5, 5.41) is 11.9. The number of halogens is 1. The lowest BCUT2D eigenvalue weighted by Gasteiger charge is -2.64. The number of unbranched alkanes of at least 4 members (excludes halogenated alkanes) is 2. The molecule has 8 atom stereocenters. The van der Waals surface area contributed by atoms with Gasteiger partial charge in [-0.25, -0.2) is 0 Å². The van der Waals surface area contributed by atoms with Crippen LogP contribution >= 0.6 is 11.6 Å². The number of hydrogen-bond acceptors (Lipinski definition) is 7. The molecule has 4 aliphatic rings. The molecule has 8 heteroatoms. The molecule has 4 rings (SSSR count). The maximum Gasteiger partial charge on any atom is 0.306 e. The second-order valence-corrected chi connectivity index (χ2v) is 13.5. The number of alkyl halides is 1. The molecule has 0 spiro atoms. The molecule has 0 unspecified atom stereocenters. The van der Waals surface area contributed by atoms with Gasteiger partial charge in [-0.15, -0.1) is 11.6 Å². The lowest BCUT2D eigenvalue weighted by molar-refractivity contribution is -0.203. The zero-order chi connectivity index (χ0) is 29.5. The van der Waals surface area contributed by atoms with E-state index in [-0.39, 0.29) is 42.8 Å². The largest absolute Gasteiger partial charge is 0.457 e. The predicted molar refractivity (Wildman–Crippen MR) is 151 cm³/mol. The van der Waals surface area contributed by atoms with Crippen molar-refractivity contribution in [3.05, 3.63) is 23.8 Å². The van der Waals surface area contributed by atoms with Gasteiger partial charge < -0.3 is 14.6 Å². The number of esters is 2. The molecular formula is C32H45ClO7. The average molecular weight is 577 g/mol. The second kappa shape index (κ2) is 11.4. The summed E-state index contributed by atoms with van der Waals surface area (Å²) in [6.45, 7) is 9.34. The molecule has 0 aliphatic heterocycles. The number of rotatable bonds is 10. The van der Waals surface area contributed by atoms with Gasteiger partial charge in [0.05, 0.1) is 11.0 Å². The third-order valence-electron chi connectivity index (χ3n) is 10.7. The van der Waals surface area contributed by atoms with E-state index in [9.17, 15) is 24.3 Å². The van der Waals surface area contributed by atoms with Crippen molar-refractivity contribution in [2.45, 2.75) is 115 Å². The third kappa shape index (κ3) is 4.59. The fraction of sp³-hybridized carbons (Fsp3) is 0.750. The van der Waals surface area contributed by atoms with Gasteiger partial charge in [0, 0.05) is 29.6 Å². The Kier molecular flexibility index (Phi) is 8.79. The number of Topliss-reactive ketones (excluding diaryl/α,β-unsaturated/α-hetero) is 1. The van der Waals surface area contributed by atoms with E-state index in [2.05, 4.69) is 0 Å². The topological polar surface area (TPSA) is 107 Å². The van der Waals surface area contributed by atoms with Crippen molar-refractivity contribution in [3.8, 4) is 0 Å². The number of fused-ring (bicyclic) bond motifs is 5. The zero-order valence-corrected chi connectivity index (χ0v) is 25.4. The summed E-state index contributed by atoms with van der Waals surface area (Å²) in [5.41, 5.74) is -2.28. The van der Waals surface area contributed by atoms with E-state index in [1.165, 1.54) is 6.08 Å². The molecule has 0 saturated heterocycles. The molecule has 222 valence electrons. The van der Waals surface area contributed by atoms with E-state index in [4.69, 9.17) is 21.1 Å². The molecule has 0 aromatic carbocycles. The molecule has 40 heavy (non-hydrogen) atoms. The minimum Gasteiger partial charge on any atom is -0.457 e. The molecule has 7 nitrogen and oxygen atoms in total. The van der Waals surface area contributed by atoms with Crippen molar-refractivity contribution in [1.29, 1.82) is 0 Å². The van der Waals surface area contributed by atoms with E-state index < -0.39 is 51.7 Å². The summed E-state index contributed by atoms with van der Waals surface area (Å²) in [5.74, 6) is -2.10. The van der Waals surface area contributed by atoms with Crippen LogP contribution in [0.5, 0.6) is 0 Å². The van der Waals surface area contributed by atoms with Crippen LogP contribution in [0.4, 0.5) is 0 Å². The van der Waals surface area contributed by atoms with E-state index in [0.717, 1.165) is 18.4 Å². The summed E-state index contributed by atoms with van der Waals surface area (Å²) in [7, 11) is 0. The molecule has 0 radical (unpaired) electrons. The molecule has 0 amide bonds. The Balaban J connectivity index is 1.74. The van der Waals surface area contributed by atoms with E-state index in [1.54, 1.807) is 6.08 Å². The Bertz CT molecular complexity index is 1110. The van der Waals surface area contributed by atoms with E-state index in [1.807, 2.05) is 40.7 Å². The summed E-state index contributed by atoms with van der Waals surface area (Å²) in [6, 6.07) is 0. The minimum atomic E-state index is -1.55. The Labute approximate surface area is 243 Å². The van der Waals surface area contributed by atoms with Crippen LogP contribution in [0.1, 0.15) is 98.8 Å². The quantitative estimate of drug-likeness (QED) is 0.264. The molecule has 0 aromatic rings. The van der Waals surface area contributed by atoms with Crippen LogP contribution in [0, 0.1) is 28.6 Å². The molecular weight excluding hydrogens is 532 g/mol. The van der Waals surface area contributed by atoms with Gasteiger partial charge in [0.1, 0.15) is 0 Å². The van der Waals surface area contributed by atoms with E-state index >= 15 is 0 Å². The molecule has 0 heterocycles. The molecule has 0 bridgehead atoms. The smallest absolute Gasteiger partial charge is 0.306 e. The fourth-order valence-electron chi connectivity index (χ4n) is 8.60. The van der Waals surface area contributed by atoms with Crippen LogP contribution in [0.25, 0.3) is 0 Å². The standard InChI is InChI=1S/C32H45ClO7/c1-6-8-10-27(37)39-19-26(36)32(40-28(38)11-9-7-2)20(3)16-24-23-13-12-21-17-22(34)14-15-29(21,4)31(23,33)25(35)18-30(24,32)5/h14-15,17,20,23-25,35H,6-13,16,18-19H2,1-5H3/t20-,23+,24+,25+,29+,30+,31+,32-/m1/s1. The number of ketones is 2. The molecule has 3 fully saturated rings. The molecule has 1 N–H and O–H groups in total. The van der Waals surface area contributed by atoms with Crippen LogP contribution < -0.4 is 0 Å². The third-order valence-corrected chi connectivity index (χ3v) is 11.6. The first-order valence-corrected chi connectivity index (χ1v) is 15.4. The summed E-state index contributed by atoms with van der Waals surface area (Å²) < 4.78 is 11.7. The predicted octanol–water partition coefficient (Wildman–Crippen LogP) is 5.65. The first kappa shape index (κ1) is 31.0. The highest BCUT2D eigenvalue weighted by molar-refractivity contribution is 6.26. The highest BCUT2D eigenvalue weighted by Gasteiger charge is 2.76. The number of allylic oxidation sites excluding steroid dienone is 4. The molecule has 4 aliphatic carbocycles. The number of carbonyl (C=O) groups is 4. The van der Waals surface area contributed by atoms with Crippen LogP contribution in [0.15, 0.2) is 23.8 Å². The van der Waals surface area contributed by atoms with Gasteiger partial charge in [-0.3, -0.25) is 19.2 Å². The van der Waals surface area contributed by atoms with Crippen molar-refractivity contribution < 1.29 is 33.8 Å². The maximum absolute atomic E-state index is 14.2. The zero-order valence-electron chi connectivity index (χ0n) is 24.6. The van der Waals surface area contributed by atoms with Crippen molar-refractivity contribution in [2.75, 3.05) is 6.61 Å².